The lowest BCUT2D eigenvalue weighted by Crippen LogP contribution is -2.48. The van der Waals surface area contributed by atoms with Gasteiger partial charge in [-0.2, -0.15) is 0 Å². The highest BCUT2D eigenvalue weighted by Crippen LogP contribution is 2.18. The SMILES string of the molecule is CCC[C@@H](N)C(=O)N1CCCC1C(=O)O. The Kier molecular flexibility index (Phi) is 4.08. The second-order valence-corrected chi connectivity index (χ2v) is 3.92. The van der Waals surface area contributed by atoms with E-state index in [4.69, 9.17) is 10.8 Å². The molecule has 3 N–H and O–H groups in total. The van der Waals surface area contributed by atoms with Crippen molar-refractivity contribution in [2.75, 3.05) is 6.54 Å². The van der Waals surface area contributed by atoms with Crippen LogP contribution in [-0.2, 0) is 9.59 Å². The molecule has 0 aromatic carbocycles. The van der Waals surface area contributed by atoms with E-state index >= 15 is 0 Å². The highest BCUT2D eigenvalue weighted by molar-refractivity contribution is 5.87. The maximum absolute atomic E-state index is 11.8. The van der Waals surface area contributed by atoms with Gasteiger partial charge in [-0.3, -0.25) is 4.79 Å². The Balaban J connectivity index is 2.62. The van der Waals surface area contributed by atoms with Crippen LogP contribution < -0.4 is 5.73 Å². The second kappa shape index (κ2) is 5.11. The molecule has 1 unspecified atom stereocenters. The van der Waals surface area contributed by atoms with Gasteiger partial charge in [0.1, 0.15) is 6.04 Å². The first-order valence-electron chi connectivity index (χ1n) is 5.36. The zero-order chi connectivity index (χ0) is 11.4. The molecule has 1 aliphatic rings. The van der Waals surface area contributed by atoms with Gasteiger partial charge in [0.05, 0.1) is 6.04 Å². The molecular weight excluding hydrogens is 196 g/mol. The van der Waals surface area contributed by atoms with E-state index < -0.39 is 18.1 Å². The van der Waals surface area contributed by atoms with E-state index in [9.17, 15) is 9.59 Å². The van der Waals surface area contributed by atoms with Crippen molar-refractivity contribution in [2.24, 2.45) is 5.73 Å². The summed E-state index contributed by atoms with van der Waals surface area (Å²) in [5.74, 6) is -1.15. The zero-order valence-corrected chi connectivity index (χ0v) is 8.98. The van der Waals surface area contributed by atoms with Crippen molar-refractivity contribution in [1.82, 2.24) is 4.90 Å². The number of rotatable bonds is 4. The number of hydrogen-bond acceptors (Lipinski definition) is 3. The van der Waals surface area contributed by atoms with Gasteiger partial charge in [-0.1, -0.05) is 13.3 Å². The molecule has 86 valence electrons. The van der Waals surface area contributed by atoms with E-state index in [0.717, 1.165) is 12.8 Å². The van der Waals surface area contributed by atoms with Crippen molar-refractivity contribution >= 4 is 11.9 Å². The van der Waals surface area contributed by atoms with Crippen molar-refractivity contribution in [3.05, 3.63) is 0 Å². The lowest BCUT2D eigenvalue weighted by molar-refractivity contribution is -0.148. The van der Waals surface area contributed by atoms with Gasteiger partial charge in [0, 0.05) is 6.54 Å². The molecule has 0 saturated carbocycles. The summed E-state index contributed by atoms with van der Waals surface area (Å²) < 4.78 is 0. The quantitative estimate of drug-likeness (QED) is 0.699. The molecule has 0 aromatic rings. The summed E-state index contributed by atoms with van der Waals surface area (Å²) in [7, 11) is 0. The summed E-state index contributed by atoms with van der Waals surface area (Å²) >= 11 is 0. The average molecular weight is 214 g/mol. The molecule has 1 heterocycles. The first kappa shape index (κ1) is 12.0. The summed E-state index contributed by atoms with van der Waals surface area (Å²) in [6.45, 7) is 2.47. The number of nitrogens with two attached hydrogens (primary N) is 1. The van der Waals surface area contributed by atoms with Crippen LogP contribution in [0.15, 0.2) is 0 Å². The van der Waals surface area contributed by atoms with Gasteiger partial charge in [-0.15, -0.1) is 0 Å². The molecule has 1 rings (SSSR count). The maximum atomic E-state index is 11.8. The molecule has 0 bridgehead atoms. The minimum Gasteiger partial charge on any atom is -0.480 e. The van der Waals surface area contributed by atoms with Crippen molar-refractivity contribution in [2.45, 2.75) is 44.7 Å². The van der Waals surface area contributed by atoms with Crippen LogP contribution in [0, 0.1) is 0 Å². The van der Waals surface area contributed by atoms with Crippen LogP contribution in [0.1, 0.15) is 32.6 Å². The Morgan fingerprint density at radius 2 is 2.27 bits per heavy atom. The van der Waals surface area contributed by atoms with Crippen LogP contribution in [0.4, 0.5) is 0 Å². The van der Waals surface area contributed by atoms with Gasteiger partial charge < -0.3 is 15.7 Å². The Labute approximate surface area is 89.2 Å². The number of carbonyl (C=O) groups excluding carboxylic acids is 1. The molecule has 0 radical (unpaired) electrons. The van der Waals surface area contributed by atoms with Crippen LogP contribution in [0.5, 0.6) is 0 Å². The van der Waals surface area contributed by atoms with Crippen LogP contribution in [0.2, 0.25) is 0 Å². The summed E-state index contributed by atoms with van der Waals surface area (Å²) in [6, 6.07) is -1.21. The number of carbonyl (C=O) groups is 2. The molecule has 15 heavy (non-hydrogen) atoms. The summed E-state index contributed by atoms with van der Waals surface area (Å²) in [5, 5.41) is 8.91. The zero-order valence-electron chi connectivity index (χ0n) is 8.98. The topological polar surface area (TPSA) is 83.6 Å². The molecule has 0 spiro atoms. The van der Waals surface area contributed by atoms with E-state index in [1.54, 1.807) is 0 Å². The maximum Gasteiger partial charge on any atom is 0.326 e. The fourth-order valence-electron chi connectivity index (χ4n) is 1.93. The van der Waals surface area contributed by atoms with E-state index in [2.05, 4.69) is 0 Å². The van der Waals surface area contributed by atoms with Crippen molar-refractivity contribution in [3.8, 4) is 0 Å². The fraction of sp³-hybridized carbons (Fsp3) is 0.800. The third-order valence-electron chi connectivity index (χ3n) is 2.74. The van der Waals surface area contributed by atoms with Crippen LogP contribution >= 0.6 is 0 Å². The Hall–Kier alpha value is -1.10. The van der Waals surface area contributed by atoms with Gasteiger partial charge in [-0.25, -0.2) is 4.79 Å². The molecule has 1 amide bonds. The number of nitrogens with zero attached hydrogens (tertiary/aromatic N) is 1. The largest absolute Gasteiger partial charge is 0.480 e. The van der Waals surface area contributed by atoms with Gasteiger partial charge >= 0.3 is 5.97 Å². The summed E-state index contributed by atoms with van der Waals surface area (Å²) in [4.78, 5) is 24.1. The Morgan fingerprint density at radius 1 is 1.60 bits per heavy atom. The average Bonchev–Trinajstić information content (AvgIpc) is 2.65. The minimum atomic E-state index is -0.926. The van der Waals surface area contributed by atoms with E-state index in [0.29, 0.717) is 19.4 Å². The summed E-state index contributed by atoms with van der Waals surface area (Å²) in [6.07, 6.45) is 2.74. The Morgan fingerprint density at radius 3 is 2.80 bits per heavy atom. The number of aliphatic carboxylic acids is 1. The fourth-order valence-corrected chi connectivity index (χ4v) is 1.93. The predicted molar refractivity (Wildman–Crippen MR) is 55.3 cm³/mol. The summed E-state index contributed by atoms with van der Waals surface area (Å²) in [5.41, 5.74) is 5.69. The van der Waals surface area contributed by atoms with Gasteiger partial charge in [0.2, 0.25) is 5.91 Å². The first-order chi connectivity index (χ1) is 7.07. The molecule has 2 atom stereocenters. The van der Waals surface area contributed by atoms with Gasteiger partial charge in [0.15, 0.2) is 0 Å². The van der Waals surface area contributed by atoms with Crippen LogP contribution in [-0.4, -0.2) is 40.5 Å². The monoisotopic (exact) mass is 214 g/mol. The highest BCUT2D eigenvalue weighted by Gasteiger charge is 2.35. The number of likely N-dealkylation sites (tertiary alicyclic amines) is 1. The van der Waals surface area contributed by atoms with E-state index in [-0.39, 0.29) is 5.91 Å². The first-order valence-corrected chi connectivity index (χ1v) is 5.36. The second-order valence-electron chi connectivity index (χ2n) is 3.92. The smallest absolute Gasteiger partial charge is 0.326 e. The van der Waals surface area contributed by atoms with Crippen molar-refractivity contribution < 1.29 is 14.7 Å². The van der Waals surface area contributed by atoms with Crippen molar-refractivity contribution in [1.29, 1.82) is 0 Å². The van der Waals surface area contributed by atoms with Gasteiger partial charge in [-0.05, 0) is 19.3 Å². The minimum absolute atomic E-state index is 0.221. The molecule has 5 nitrogen and oxygen atoms in total. The Bertz CT molecular complexity index is 255. The number of amides is 1. The van der Waals surface area contributed by atoms with Crippen LogP contribution in [0.3, 0.4) is 0 Å². The van der Waals surface area contributed by atoms with Crippen LogP contribution in [0.25, 0.3) is 0 Å². The standard InChI is InChI=1S/C10H18N2O3/c1-2-4-7(11)9(13)12-6-3-5-8(12)10(14)15/h7-8H,2-6,11H2,1H3,(H,14,15)/t7-,8?/m1/s1. The molecule has 1 fully saturated rings. The van der Waals surface area contributed by atoms with Crippen molar-refractivity contribution in [3.63, 3.8) is 0 Å². The number of carboxylic acid groups (broad SMARTS) is 1. The third-order valence-corrected chi connectivity index (χ3v) is 2.74. The molecular formula is C10H18N2O3. The number of carboxylic acids is 1. The lowest BCUT2D eigenvalue weighted by Gasteiger charge is -2.24. The van der Waals surface area contributed by atoms with E-state index in [1.165, 1.54) is 4.90 Å². The lowest BCUT2D eigenvalue weighted by atomic mass is 10.1. The normalized spacial score (nSPS) is 22.8. The van der Waals surface area contributed by atoms with E-state index in [1.807, 2.05) is 6.92 Å². The predicted octanol–water partition coefficient (Wildman–Crippen LogP) is 0.189. The van der Waals surface area contributed by atoms with Gasteiger partial charge in [0.25, 0.3) is 0 Å². The molecule has 1 saturated heterocycles. The molecule has 1 aliphatic heterocycles. The third kappa shape index (κ3) is 2.68. The molecule has 0 aromatic heterocycles. The molecule has 5 heteroatoms. The molecule has 0 aliphatic carbocycles. The highest BCUT2D eigenvalue weighted by atomic mass is 16.4. The number of hydrogen-bond donors (Lipinski definition) is 2.